The summed E-state index contributed by atoms with van der Waals surface area (Å²) in [4.78, 5) is 53.5. The SMILES string of the molecule is C[C@H](NC(=O)c1cnc(CCc2ccc(C(F)(F)F)cc2)[nH]1)C(=O)C(CC(=O)O)C(N)=O. The lowest BCUT2D eigenvalue weighted by atomic mass is 9.95. The van der Waals surface area contributed by atoms with E-state index in [1.807, 2.05) is 0 Å². The Morgan fingerprint density at radius 2 is 1.78 bits per heavy atom. The minimum atomic E-state index is -4.41. The first-order chi connectivity index (χ1) is 14.9. The summed E-state index contributed by atoms with van der Waals surface area (Å²) in [5.74, 6) is -5.22. The van der Waals surface area contributed by atoms with Gasteiger partial charge in [0.05, 0.1) is 24.2 Å². The maximum absolute atomic E-state index is 12.6. The van der Waals surface area contributed by atoms with Crippen LogP contribution in [0.4, 0.5) is 13.2 Å². The number of benzene rings is 1. The van der Waals surface area contributed by atoms with Crippen molar-refractivity contribution in [3.63, 3.8) is 0 Å². The molecule has 0 aliphatic rings. The number of aryl methyl sites for hydroxylation is 2. The van der Waals surface area contributed by atoms with Gasteiger partial charge in [0.2, 0.25) is 5.91 Å². The molecule has 12 heteroatoms. The molecule has 0 saturated carbocycles. The standard InChI is InChI=1S/C20H21F3N4O5/c1-10(17(30)13(18(24)31)8-16(28)29)26-19(32)14-9-25-15(27-14)7-4-11-2-5-12(6-3-11)20(21,22)23/h2-3,5-6,9-10,13H,4,7-8H2,1H3,(H2,24,31)(H,25,27)(H,26,32)(H,28,29)/t10-,13?/m0/s1. The van der Waals surface area contributed by atoms with E-state index in [0.29, 0.717) is 24.2 Å². The molecule has 0 radical (unpaired) electrons. The number of halogens is 3. The van der Waals surface area contributed by atoms with Gasteiger partial charge in [-0.15, -0.1) is 0 Å². The number of carboxylic acids is 1. The van der Waals surface area contributed by atoms with Crippen LogP contribution < -0.4 is 11.1 Å². The first kappa shape index (κ1) is 24.6. The van der Waals surface area contributed by atoms with E-state index < -0.39 is 53.7 Å². The highest BCUT2D eigenvalue weighted by atomic mass is 19.4. The highest BCUT2D eigenvalue weighted by Gasteiger charge is 2.32. The molecule has 0 aliphatic carbocycles. The summed E-state index contributed by atoms with van der Waals surface area (Å²) in [5.41, 5.74) is 4.99. The molecule has 32 heavy (non-hydrogen) atoms. The molecule has 0 saturated heterocycles. The molecule has 2 rings (SSSR count). The summed E-state index contributed by atoms with van der Waals surface area (Å²) in [6.07, 6.45) is -3.29. The number of nitrogens with one attached hydrogen (secondary N) is 2. The fraction of sp³-hybridized carbons (Fsp3) is 0.350. The van der Waals surface area contributed by atoms with E-state index in [2.05, 4.69) is 15.3 Å². The monoisotopic (exact) mass is 454 g/mol. The topological polar surface area (TPSA) is 155 Å². The lowest BCUT2D eigenvalue weighted by molar-refractivity contribution is -0.144. The van der Waals surface area contributed by atoms with Gasteiger partial charge in [0.1, 0.15) is 17.4 Å². The number of nitrogens with zero attached hydrogens (tertiary/aromatic N) is 1. The number of primary amides is 1. The van der Waals surface area contributed by atoms with Crippen molar-refractivity contribution < 1.29 is 37.5 Å². The van der Waals surface area contributed by atoms with Gasteiger partial charge in [-0.3, -0.25) is 19.2 Å². The predicted octanol–water partition coefficient (Wildman–Crippen LogP) is 1.48. The lowest BCUT2D eigenvalue weighted by Gasteiger charge is -2.16. The number of imidazole rings is 1. The Bertz CT molecular complexity index is 1000. The van der Waals surface area contributed by atoms with Crippen LogP contribution in [0.1, 0.15) is 40.8 Å². The molecular weight excluding hydrogens is 433 g/mol. The maximum Gasteiger partial charge on any atom is 0.416 e. The number of Topliss-reactive ketones (excluding diaryl/α,β-unsaturated/α-hetero) is 1. The number of aliphatic carboxylic acids is 1. The van der Waals surface area contributed by atoms with Crippen LogP contribution in [0, 0.1) is 5.92 Å². The molecule has 1 heterocycles. The zero-order valence-corrected chi connectivity index (χ0v) is 16.9. The molecular formula is C20H21F3N4O5. The highest BCUT2D eigenvalue weighted by molar-refractivity contribution is 6.06. The smallest absolute Gasteiger partial charge is 0.416 e. The first-order valence-corrected chi connectivity index (χ1v) is 9.44. The molecule has 2 aromatic rings. The molecule has 0 fully saturated rings. The van der Waals surface area contributed by atoms with E-state index in [0.717, 1.165) is 12.1 Å². The third-order valence-corrected chi connectivity index (χ3v) is 4.64. The van der Waals surface area contributed by atoms with E-state index in [9.17, 15) is 32.3 Å². The normalized spacial score (nSPS) is 13.2. The van der Waals surface area contributed by atoms with Crippen molar-refractivity contribution in [2.45, 2.75) is 38.4 Å². The Kier molecular flexibility index (Phi) is 7.73. The van der Waals surface area contributed by atoms with Gasteiger partial charge >= 0.3 is 12.1 Å². The van der Waals surface area contributed by atoms with Gasteiger partial charge in [0.25, 0.3) is 5.91 Å². The van der Waals surface area contributed by atoms with E-state index in [-0.39, 0.29) is 5.69 Å². The number of carbonyl (C=O) groups is 4. The first-order valence-electron chi connectivity index (χ1n) is 9.44. The van der Waals surface area contributed by atoms with Crippen LogP contribution in [-0.2, 0) is 33.4 Å². The summed E-state index contributed by atoms with van der Waals surface area (Å²) >= 11 is 0. The Morgan fingerprint density at radius 1 is 1.16 bits per heavy atom. The molecule has 9 nitrogen and oxygen atoms in total. The quantitative estimate of drug-likeness (QED) is 0.399. The second-order valence-corrected chi connectivity index (χ2v) is 7.09. The number of ketones is 1. The van der Waals surface area contributed by atoms with Crippen LogP contribution in [0.3, 0.4) is 0 Å². The number of aromatic amines is 1. The minimum absolute atomic E-state index is 0.0147. The highest BCUT2D eigenvalue weighted by Crippen LogP contribution is 2.29. The molecule has 0 spiro atoms. The number of alkyl halides is 3. The van der Waals surface area contributed by atoms with Crippen LogP contribution in [-0.4, -0.2) is 44.7 Å². The van der Waals surface area contributed by atoms with Gasteiger partial charge in [-0.2, -0.15) is 13.2 Å². The number of carbonyl (C=O) groups excluding carboxylic acids is 3. The number of hydrogen-bond acceptors (Lipinski definition) is 5. The Morgan fingerprint density at radius 3 is 2.31 bits per heavy atom. The molecule has 1 aromatic carbocycles. The number of rotatable bonds is 10. The zero-order valence-electron chi connectivity index (χ0n) is 16.9. The second-order valence-electron chi connectivity index (χ2n) is 7.09. The van der Waals surface area contributed by atoms with Crippen LogP contribution in [0.2, 0.25) is 0 Å². The maximum atomic E-state index is 12.6. The number of carboxylic acid groups (broad SMARTS) is 1. The molecule has 2 atom stereocenters. The third kappa shape index (κ3) is 6.65. The molecule has 1 aromatic heterocycles. The van der Waals surface area contributed by atoms with E-state index in [4.69, 9.17) is 10.8 Å². The van der Waals surface area contributed by atoms with Crippen molar-refractivity contribution in [2.75, 3.05) is 0 Å². The summed E-state index contributed by atoms with van der Waals surface area (Å²) in [7, 11) is 0. The Balaban J connectivity index is 1.95. The summed E-state index contributed by atoms with van der Waals surface area (Å²) in [5, 5.41) is 11.1. The molecule has 0 aliphatic heterocycles. The van der Waals surface area contributed by atoms with Crippen molar-refractivity contribution in [1.82, 2.24) is 15.3 Å². The van der Waals surface area contributed by atoms with Gasteiger partial charge in [0.15, 0.2) is 5.78 Å². The lowest BCUT2D eigenvalue weighted by Crippen LogP contribution is -2.45. The van der Waals surface area contributed by atoms with Crippen molar-refractivity contribution >= 4 is 23.6 Å². The Hall–Kier alpha value is -3.70. The van der Waals surface area contributed by atoms with Crippen molar-refractivity contribution in [1.29, 1.82) is 0 Å². The average molecular weight is 454 g/mol. The number of amides is 2. The fourth-order valence-corrected chi connectivity index (χ4v) is 2.89. The number of aromatic nitrogens is 2. The third-order valence-electron chi connectivity index (χ3n) is 4.64. The summed E-state index contributed by atoms with van der Waals surface area (Å²) in [6.45, 7) is 1.29. The van der Waals surface area contributed by atoms with Crippen LogP contribution in [0.5, 0.6) is 0 Å². The van der Waals surface area contributed by atoms with Crippen molar-refractivity contribution in [3.8, 4) is 0 Å². The van der Waals surface area contributed by atoms with E-state index in [1.54, 1.807) is 0 Å². The molecule has 172 valence electrons. The van der Waals surface area contributed by atoms with Crippen molar-refractivity contribution in [2.24, 2.45) is 11.7 Å². The van der Waals surface area contributed by atoms with Crippen molar-refractivity contribution in [3.05, 3.63) is 53.1 Å². The largest absolute Gasteiger partial charge is 0.481 e. The van der Waals surface area contributed by atoms with Gasteiger partial charge in [-0.25, -0.2) is 4.98 Å². The molecule has 0 bridgehead atoms. The molecule has 1 unspecified atom stereocenters. The fourth-order valence-electron chi connectivity index (χ4n) is 2.89. The van der Waals surface area contributed by atoms with Crippen LogP contribution >= 0.6 is 0 Å². The predicted molar refractivity (Wildman–Crippen MR) is 104 cm³/mol. The van der Waals surface area contributed by atoms with Gasteiger partial charge < -0.3 is 21.1 Å². The van der Waals surface area contributed by atoms with Gasteiger partial charge in [-0.05, 0) is 31.0 Å². The summed E-state index contributed by atoms with van der Waals surface area (Å²) in [6, 6.07) is 3.51. The molecule has 2 amide bonds. The number of hydrogen-bond donors (Lipinski definition) is 4. The van der Waals surface area contributed by atoms with Gasteiger partial charge in [0, 0.05) is 6.42 Å². The van der Waals surface area contributed by atoms with Crippen LogP contribution in [0.25, 0.3) is 0 Å². The Labute approximate surface area is 180 Å². The van der Waals surface area contributed by atoms with Crippen LogP contribution in [0.15, 0.2) is 30.5 Å². The number of H-pyrrole nitrogens is 1. The summed E-state index contributed by atoms with van der Waals surface area (Å²) < 4.78 is 37.8. The molecule has 5 N–H and O–H groups in total. The average Bonchev–Trinajstić information content (AvgIpc) is 3.18. The number of nitrogens with two attached hydrogens (primary N) is 1. The van der Waals surface area contributed by atoms with E-state index in [1.165, 1.54) is 25.3 Å². The van der Waals surface area contributed by atoms with Gasteiger partial charge in [-0.1, -0.05) is 12.1 Å². The zero-order chi connectivity index (χ0) is 24.1. The van der Waals surface area contributed by atoms with E-state index >= 15 is 0 Å². The minimum Gasteiger partial charge on any atom is -0.481 e. The second kappa shape index (κ2) is 10.1.